The number of hydrogen-bond acceptors (Lipinski definition) is 4. The molecule has 132 valence electrons. The van der Waals surface area contributed by atoms with Crippen molar-refractivity contribution in [2.24, 2.45) is 0 Å². The molecule has 1 unspecified atom stereocenters. The second-order valence-corrected chi connectivity index (χ2v) is 8.49. The number of nitrogens with one attached hydrogen (secondary N) is 1. The molecule has 0 radical (unpaired) electrons. The summed E-state index contributed by atoms with van der Waals surface area (Å²) in [5.74, 6) is 0.805. The standard InChI is InChI=1S/C20H19N3O2S/c1-25-15-7-10-18-17(12-15)20-19(4-3-11-22-20)23(18)13-14-5-8-16(9-6-14)26(2,21)24/h3-12,21H,13H2,1-2H3. The molecular formula is C20H19N3O2S. The fourth-order valence-corrected chi connectivity index (χ4v) is 3.88. The molecule has 5 nitrogen and oxygen atoms in total. The summed E-state index contributed by atoms with van der Waals surface area (Å²) in [6.45, 7) is 0.668. The first-order chi connectivity index (χ1) is 12.5. The van der Waals surface area contributed by atoms with Gasteiger partial charge in [-0.3, -0.25) is 4.98 Å². The topological polar surface area (TPSA) is 68.0 Å². The zero-order valence-electron chi connectivity index (χ0n) is 14.6. The molecule has 4 aromatic rings. The lowest BCUT2D eigenvalue weighted by Crippen LogP contribution is -2.01. The molecular weight excluding hydrogens is 346 g/mol. The Morgan fingerprint density at radius 2 is 1.88 bits per heavy atom. The van der Waals surface area contributed by atoms with E-state index in [2.05, 4.69) is 15.6 Å². The predicted octanol–water partition coefficient (Wildman–Crippen LogP) is 4.28. The molecule has 2 aromatic heterocycles. The van der Waals surface area contributed by atoms with Crippen molar-refractivity contribution < 1.29 is 8.95 Å². The number of fused-ring (bicyclic) bond motifs is 3. The van der Waals surface area contributed by atoms with Crippen molar-refractivity contribution in [1.82, 2.24) is 9.55 Å². The van der Waals surface area contributed by atoms with Crippen molar-refractivity contribution in [2.75, 3.05) is 13.4 Å². The first-order valence-electron chi connectivity index (χ1n) is 8.21. The summed E-state index contributed by atoms with van der Waals surface area (Å²) in [5, 5.41) is 1.05. The largest absolute Gasteiger partial charge is 0.497 e. The van der Waals surface area contributed by atoms with Crippen LogP contribution in [0.5, 0.6) is 5.75 Å². The molecule has 1 N–H and O–H groups in total. The molecule has 0 spiro atoms. The molecule has 2 aromatic carbocycles. The first-order valence-corrected chi connectivity index (χ1v) is 10.2. The van der Waals surface area contributed by atoms with E-state index in [1.54, 1.807) is 25.4 Å². The van der Waals surface area contributed by atoms with Crippen molar-refractivity contribution in [1.29, 1.82) is 4.78 Å². The number of aromatic nitrogens is 2. The SMILES string of the molecule is COc1ccc2c(c1)c1ncccc1n2Cc1ccc(S(C)(=N)=O)cc1. The molecule has 0 saturated heterocycles. The molecule has 0 bridgehead atoms. The molecule has 0 amide bonds. The van der Waals surface area contributed by atoms with Crippen molar-refractivity contribution in [3.63, 3.8) is 0 Å². The number of ether oxygens (including phenoxy) is 1. The van der Waals surface area contributed by atoms with Gasteiger partial charge in [0.15, 0.2) is 0 Å². The molecule has 2 heterocycles. The van der Waals surface area contributed by atoms with E-state index in [9.17, 15) is 4.21 Å². The van der Waals surface area contributed by atoms with Gasteiger partial charge in [-0.05, 0) is 48.0 Å². The highest BCUT2D eigenvalue weighted by molar-refractivity contribution is 7.91. The van der Waals surface area contributed by atoms with Crippen LogP contribution in [0, 0.1) is 4.78 Å². The van der Waals surface area contributed by atoms with Gasteiger partial charge in [0.2, 0.25) is 0 Å². The fourth-order valence-electron chi connectivity index (χ4n) is 3.23. The van der Waals surface area contributed by atoms with E-state index in [4.69, 9.17) is 9.52 Å². The third-order valence-corrected chi connectivity index (χ3v) is 5.71. The molecule has 0 fully saturated rings. The van der Waals surface area contributed by atoms with Gasteiger partial charge < -0.3 is 9.30 Å². The Balaban J connectivity index is 1.85. The van der Waals surface area contributed by atoms with Crippen LogP contribution >= 0.6 is 0 Å². The van der Waals surface area contributed by atoms with Gasteiger partial charge in [0.25, 0.3) is 0 Å². The number of rotatable bonds is 4. The molecule has 26 heavy (non-hydrogen) atoms. The predicted molar refractivity (Wildman–Crippen MR) is 104 cm³/mol. The molecule has 0 saturated carbocycles. The Labute approximate surface area is 152 Å². The van der Waals surface area contributed by atoms with Crippen LogP contribution in [-0.2, 0) is 16.3 Å². The molecule has 0 aliphatic rings. The molecule has 6 heteroatoms. The average molecular weight is 365 g/mol. The van der Waals surface area contributed by atoms with E-state index in [0.29, 0.717) is 11.4 Å². The van der Waals surface area contributed by atoms with Crippen molar-refractivity contribution in [2.45, 2.75) is 11.4 Å². The van der Waals surface area contributed by atoms with Gasteiger partial charge in [-0.1, -0.05) is 12.1 Å². The van der Waals surface area contributed by atoms with E-state index in [1.165, 1.54) is 6.26 Å². The highest BCUT2D eigenvalue weighted by atomic mass is 32.2. The highest BCUT2D eigenvalue weighted by Gasteiger charge is 2.13. The van der Waals surface area contributed by atoms with E-state index in [-0.39, 0.29) is 0 Å². The number of nitrogens with zero attached hydrogens (tertiary/aromatic N) is 2. The number of pyridine rings is 1. The summed E-state index contributed by atoms with van der Waals surface area (Å²) >= 11 is 0. The molecule has 4 rings (SSSR count). The maximum Gasteiger partial charge on any atom is 0.119 e. The van der Waals surface area contributed by atoms with Crippen LogP contribution in [0.3, 0.4) is 0 Å². The van der Waals surface area contributed by atoms with Gasteiger partial charge in [-0.2, -0.15) is 0 Å². The van der Waals surface area contributed by atoms with Crippen molar-refractivity contribution in [3.8, 4) is 5.75 Å². The zero-order chi connectivity index (χ0) is 18.3. The normalized spacial score (nSPS) is 13.8. The summed E-state index contributed by atoms with van der Waals surface area (Å²) in [4.78, 5) is 5.11. The summed E-state index contributed by atoms with van der Waals surface area (Å²) in [6, 6.07) is 17.4. The van der Waals surface area contributed by atoms with Crippen LogP contribution < -0.4 is 4.74 Å². The minimum Gasteiger partial charge on any atom is -0.497 e. The monoisotopic (exact) mass is 365 g/mol. The van der Waals surface area contributed by atoms with Gasteiger partial charge in [0.1, 0.15) is 5.75 Å². The Kier molecular flexibility index (Phi) is 3.92. The summed E-state index contributed by atoms with van der Waals surface area (Å²) < 4.78 is 27.1. The zero-order valence-corrected chi connectivity index (χ0v) is 15.4. The van der Waals surface area contributed by atoms with Gasteiger partial charge >= 0.3 is 0 Å². The maximum atomic E-state index is 11.9. The van der Waals surface area contributed by atoms with Gasteiger partial charge in [-0.15, -0.1) is 0 Å². The smallest absolute Gasteiger partial charge is 0.119 e. The molecule has 0 aliphatic carbocycles. The lowest BCUT2D eigenvalue weighted by molar-refractivity contribution is 0.415. The lowest BCUT2D eigenvalue weighted by Gasteiger charge is -2.09. The summed E-state index contributed by atoms with van der Waals surface area (Å²) in [6.07, 6.45) is 3.24. The quantitative estimate of drug-likeness (QED) is 0.587. The Bertz CT molecular complexity index is 1210. The van der Waals surface area contributed by atoms with Gasteiger partial charge in [0, 0.05) is 29.3 Å². The molecule has 1 atom stereocenters. The van der Waals surface area contributed by atoms with Gasteiger partial charge in [0.05, 0.1) is 33.4 Å². The van der Waals surface area contributed by atoms with E-state index in [1.807, 2.05) is 36.4 Å². The van der Waals surface area contributed by atoms with Gasteiger partial charge in [-0.25, -0.2) is 8.99 Å². The average Bonchev–Trinajstić information content (AvgIpc) is 2.95. The van der Waals surface area contributed by atoms with Crippen LogP contribution in [0.1, 0.15) is 5.56 Å². The van der Waals surface area contributed by atoms with E-state index in [0.717, 1.165) is 33.2 Å². The second-order valence-electron chi connectivity index (χ2n) is 6.33. The second kappa shape index (κ2) is 6.14. The third-order valence-electron chi connectivity index (χ3n) is 4.54. The highest BCUT2D eigenvalue weighted by Crippen LogP contribution is 2.31. The summed E-state index contributed by atoms with van der Waals surface area (Å²) in [7, 11) is -1.03. The van der Waals surface area contributed by atoms with E-state index < -0.39 is 9.73 Å². The minimum atomic E-state index is -2.69. The first kappa shape index (κ1) is 16.6. The third kappa shape index (κ3) is 2.82. The van der Waals surface area contributed by atoms with Crippen molar-refractivity contribution in [3.05, 3.63) is 66.4 Å². The maximum absolute atomic E-state index is 11.9. The van der Waals surface area contributed by atoms with Crippen LogP contribution in [0.4, 0.5) is 0 Å². The number of benzene rings is 2. The fraction of sp³-hybridized carbons (Fsp3) is 0.150. The number of methoxy groups -OCH3 is 1. The molecule has 0 aliphatic heterocycles. The Hall–Kier alpha value is -2.86. The van der Waals surface area contributed by atoms with Crippen LogP contribution in [0.2, 0.25) is 0 Å². The minimum absolute atomic E-state index is 0.551. The summed E-state index contributed by atoms with van der Waals surface area (Å²) in [5.41, 5.74) is 4.17. The van der Waals surface area contributed by atoms with Crippen LogP contribution in [-0.4, -0.2) is 27.1 Å². The van der Waals surface area contributed by atoms with Crippen molar-refractivity contribution >= 4 is 31.7 Å². The van der Waals surface area contributed by atoms with E-state index >= 15 is 0 Å². The Morgan fingerprint density at radius 1 is 1.12 bits per heavy atom. The van der Waals surface area contributed by atoms with Crippen LogP contribution in [0.25, 0.3) is 21.9 Å². The number of hydrogen-bond donors (Lipinski definition) is 1. The van der Waals surface area contributed by atoms with Crippen LogP contribution in [0.15, 0.2) is 65.7 Å². The Morgan fingerprint density at radius 3 is 2.58 bits per heavy atom. The lowest BCUT2D eigenvalue weighted by atomic mass is 10.2.